The standard InChI is InChI=1S/C9H15N5O2/c1-11-7(15)6-2-4-14(5-3-6)9-13-12-8(10)16-9/h6H,2-5H2,1H3,(H2,10,12)(H,11,15). The molecule has 0 bridgehead atoms. The zero-order valence-electron chi connectivity index (χ0n) is 9.14. The number of piperidine rings is 1. The molecular formula is C9H15N5O2. The number of carbonyl (C=O) groups is 1. The van der Waals surface area contributed by atoms with Crippen molar-refractivity contribution in [3.63, 3.8) is 0 Å². The number of amides is 1. The summed E-state index contributed by atoms with van der Waals surface area (Å²) >= 11 is 0. The molecule has 88 valence electrons. The van der Waals surface area contributed by atoms with E-state index in [0.717, 1.165) is 25.9 Å². The Bertz CT molecular complexity index is 370. The third-order valence-electron chi connectivity index (χ3n) is 2.81. The Morgan fingerprint density at radius 2 is 2.19 bits per heavy atom. The topological polar surface area (TPSA) is 97.3 Å². The van der Waals surface area contributed by atoms with Crippen molar-refractivity contribution in [3.05, 3.63) is 0 Å². The average Bonchev–Trinajstić information content (AvgIpc) is 2.75. The molecule has 1 fully saturated rings. The van der Waals surface area contributed by atoms with E-state index < -0.39 is 0 Å². The highest BCUT2D eigenvalue weighted by Crippen LogP contribution is 2.22. The van der Waals surface area contributed by atoms with Gasteiger partial charge >= 0.3 is 12.0 Å². The van der Waals surface area contributed by atoms with Gasteiger partial charge in [0.15, 0.2) is 0 Å². The molecule has 7 heteroatoms. The minimum atomic E-state index is 0.0726. The second-order valence-corrected chi connectivity index (χ2v) is 3.80. The highest BCUT2D eigenvalue weighted by molar-refractivity contribution is 5.78. The summed E-state index contributed by atoms with van der Waals surface area (Å²) in [6.45, 7) is 1.47. The van der Waals surface area contributed by atoms with E-state index in [1.807, 2.05) is 4.90 Å². The lowest BCUT2D eigenvalue weighted by molar-refractivity contribution is -0.125. The van der Waals surface area contributed by atoms with Crippen LogP contribution in [-0.4, -0.2) is 36.2 Å². The monoisotopic (exact) mass is 225 g/mol. The average molecular weight is 225 g/mol. The lowest BCUT2D eigenvalue weighted by Crippen LogP contribution is -2.39. The molecule has 7 nitrogen and oxygen atoms in total. The van der Waals surface area contributed by atoms with E-state index in [0.29, 0.717) is 6.01 Å². The number of nitrogens with two attached hydrogens (primary N) is 1. The predicted octanol–water partition coefficient (Wildman–Crippen LogP) is -0.386. The highest BCUT2D eigenvalue weighted by atomic mass is 16.4. The van der Waals surface area contributed by atoms with Crippen molar-refractivity contribution in [1.82, 2.24) is 15.5 Å². The third kappa shape index (κ3) is 2.07. The molecule has 0 spiro atoms. The summed E-state index contributed by atoms with van der Waals surface area (Å²) in [5, 5.41) is 10.1. The van der Waals surface area contributed by atoms with Gasteiger partial charge in [-0.2, -0.15) is 0 Å². The van der Waals surface area contributed by atoms with Crippen molar-refractivity contribution in [2.24, 2.45) is 5.92 Å². The number of anilines is 2. The maximum absolute atomic E-state index is 11.4. The van der Waals surface area contributed by atoms with Crippen LogP contribution < -0.4 is 16.0 Å². The molecule has 2 heterocycles. The number of nitrogen functional groups attached to an aromatic ring is 1. The van der Waals surface area contributed by atoms with Crippen molar-refractivity contribution in [2.75, 3.05) is 30.8 Å². The molecule has 1 aromatic heterocycles. The normalized spacial score (nSPS) is 17.4. The minimum Gasteiger partial charge on any atom is -0.390 e. The van der Waals surface area contributed by atoms with Crippen molar-refractivity contribution in [2.45, 2.75) is 12.8 Å². The number of hydrogen-bond donors (Lipinski definition) is 2. The first kappa shape index (κ1) is 10.7. The Hall–Kier alpha value is -1.79. The van der Waals surface area contributed by atoms with Gasteiger partial charge in [-0.3, -0.25) is 4.79 Å². The van der Waals surface area contributed by atoms with E-state index in [1.165, 1.54) is 0 Å². The van der Waals surface area contributed by atoms with Gasteiger partial charge in [0.05, 0.1) is 0 Å². The molecule has 1 saturated heterocycles. The Balaban J connectivity index is 1.92. The molecule has 0 unspecified atom stereocenters. The van der Waals surface area contributed by atoms with Crippen molar-refractivity contribution >= 4 is 17.9 Å². The molecule has 1 aliphatic heterocycles. The van der Waals surface area contributed by atoms with Crippen LogP contribution in [0.5, 0.6) is 0 Å². The second kappa shape index (κ2) is 4.38. The van der Waals surface area contributed by atoms with E-state index in [9.17, 15) is 4.79 Å². The number of carbonyl (C=O) groups excluding carboxylic acids is 1. The van der Waals surface area contributed by atoms with Gasteiger partial charge in [-0.05, 0) is 12.8 Å². The van der Waals surface area contributed by atoms with Gasteiger partial charge in [0, 0.05) is 26.1 Å². The molecule has 0 radical (unpaired) electrons. The van der Waals surface area contributed by atoms with Gasteiger partial charge in [0.2, 0.25) is 5.91 Å². The molecule has 0 aromatic carbocycles. The number of nitrogens with one attached hydrogen (secondary N) is 1. The first-order valence-electron chi connectivity index (χ1n) is 5.26. The van der Waals surface area contributed by atoms with Gasteiger partial charge in [0.25, 0.3) is 0 Å². The van der Waals surface area contributed by atoms with Crippen LogP contribution in [0.1, 0.15) is 12.8 Å². The van der Waals surface area contributed by atoms with E-state index in [2.05, 4.69) is 15.5 Å². The lowest BCUT2D eigenvalue weighted by Gasteiger charge is -2.29. The van der Waals surface area contributed by atoms with Crippen LogP contribution in [0.15, 0.2) is 4.42 Å². The number of aromatic nitrogens is 2. The van der Waals surface area contributed by atoms with Crippen LogP contribution in [0.4, 0.5) is 12.0 Å². The Morgan fingerprint density at radius 3 is 2.69 bits per heavy atom. The molecule has 2 rings (SSSR count). The van der Waals surface area contributed by atoms with Gasteiger partial charge in [0.1, 0.15) is 0 Å². The Morgan fingerprint density at radius 1 is 1.50 bits per heavy atom. The summed E-state index contributed by atoms with van der Waals surface area (Å²) in [6.07, 6.45) is 1.59. The largest absolute Gasteiger partial charge is 0.390 e. The molecule has 0 atom stereocenters. The van der Waals surface area contributed by atoms with Crippen LogP contribution in [0, 0.1) is 5.92 Å². The number of hydrogen-bond acceptors (Lipinski definition) is 6. The number of nitrogens with zero attached hydrogens (tertiary/aromatic N) is 3. The quantitative estimate of drug-likeness (QED) is 0.711. The van der Waals surface area contributed by atoms with Crippen molar-refractivity contribution in [3.8, 4) is 0 Å². The first-order chi connectivity index (χ1) is 7.70. The summed E-state index contributed by atoms with van der Waals surface area (Å²) < 4.78 is 5.13. The molecule has 1 amide bonds. The second-order valence-electron chi connectivity index (χ2n) is 3.80. The van der Waals surface area contributed by atoms with Crippen LogP contribution in [0.3, 0.4) is 0 Å². The Kier molecular flexibility index (Phi) is 2.93. The fraction of sp³-hybridized carbons (Fsp3) is 0.667. The maximum Gasteiger partial charge on any atom is 0.319 e. The predicted molar refractivity (Wildman–Crippen MR) is 57.7 cm³/mol. The summed E-state index contributed by atoms with van der Waals surface area (Å²) in [5.41, 5.74) is 5.35. The van der Waals surface area contributed by atoms with Crippen LogP contribution in [0.2, 0.25) is 0 Å². The number of rotatable bonds is 2. The zero-order valence-corrected chi connectivity index (χ0v) is 9.14. The van der Waals surface area contributed by atoms with Gasteiger partial charge < -0.3 is 20.4 Å². The van der Waals surface area contributed by atoms with E-state index >= 15 is 0 Å². The fourth-order valence-electron chi connectivity index (χ4n) is 1.89. The van der Waals surface area contributed by atoms with Crippen LogP contribution in [0.25, 0.3) is 0 Å². The van der Waals surface area contributed by atoms with Crippen molar-refractivity contribution in [1.29, 1.82) is 0 Å². The molecule has 1 aromatic rings. The van der Waals surface area contributed by atoms with E-state index in [1.54, 1.807) is 7.05 Å². The zero-order chi connectivity index (χ0) is 11.5. The van der Waals surface area contributed by atoms with Crippen molar-refractivity contribution < 1.29 is 9.21 Å². The summed E-state index contributed by atoms with van der Waals surface area (Å²) in [6, 6.07) is 0.510. The van der Waals surface area contributed by atoms with E-state index in [-0.39, 0.29) is 17.8 Å². The van der Waals surface area contributed by atoms with E-state index in [4.69, 9.17) is 10.2 Å². The molecule has 1 aliphatic rings. The van der Waals surface area contributed by atoms with Crippen LogP contribution in [-0.2, 0) is 4.79 Å². The summed E-state index contributed by atoms with van der Waals surface area (Å²) in [5.74, 6) is 0.186. The fourth-order valence-corrected chi connectivity index (χ4v) is 1.89. The SMILES string of the molecule is CNC(=O)C1CCN(c2nnc(N)o2)CC1. The smallest absolute Gasteiger partial charge is 0.319 e. The van der Waals surface area contributed by atoms with Gasteiger partial charge in [-0.15, -0.1) is 0 Å². The maximum atomic E-state index is 11.4. The van der Waals surface area contributed by atoms with Gasteiger partial charge in [-0.1, -0.05) is 10.2 Å². The third-order valence-corrected chi connectivity index (χ3v) is 2.81. The summed E-state index contributed by atoms with van der Waals surface area (Å²) in [4.78, 5) is 13.4. The Labute approximate surface area is 93.0 Å². The van der Waals surface area contributed by atoms with Crippen LogP contribution >= 0.6 is 0 Å². The lowest BCUT2D eigenvalue weighted by atomic mass is 9.96. The minimum absolute atomic E-state index is 0.0726. The highest BCUT2D eigenvalue weighted by Gasteiger charge is 2.26. The molecule has 0 aliphatic carbocycles. The summed E-state index contributed by atoms with van der Waals surface area (Å²) in [7, 11) is 1.66. The molecule has 0 saturated carbocycles. The van der Waals surface area contributed by atoms with Gasteiger partial charge in [-0.25, -0.2) is 0 Å². The molecule has 16 heavy (non-hydrogen) atoms. The molecule has 3 N–H and O–H groups in total. The molecular weight excluding hydrogens is 210 g/mol. The first-order valence-corrected chi connectivity index (χ1v) is 5.26.